The number of hydrogen-bond acceptors (Lipinski definition) is 5. The van der Waals surface area contributed by atoms with E-state index in [0.29, 0.717) is 27.1 Å². The molecular formula is C18H23Cl3O5. The normalized spacial score (nSPS) is 31.2. The summed E-state index contributed by atoms with van der Waals surface area (Å²) in [6.07, 6.45) is -1.28. The summed E-state index contributed by atoms with van der Waals surface area (Å²) in [7, 11) is 0. The maximum absolute atomic E-state index is 10.5. The molecular weight excluding hydrogens is 403 g/mol. The third-order valence-corrected chi connectivity index (χ3v) is 5.87. The average Bonchev–Trinajstić information content (AvgIpc) is 3.04. The van der Waals surface area contributed by atoms with E-state index in [-0.39, 0.29) is 6.61 Å². The number of rotatable bonds is 6. The van der Waals surface area contributed by atoms with Crippen LogP contribution in [0.25, 0.3) is 0 Å². The van der Waals surface area contributed by atoms with Crippen LogP contribution in [-0.2, 0) is 25.6 Å². The van der Waals surface area contributed by atoms with Gasteiger partial charge in [-0.2, -0.15) is 0 Å². The first-order chi connectivity index (χ1) is 12.2. The number of benzene rings is 1. The van der Waals surface area contributed by atoms with Crippen molar-refractivity contribution >= 4 is 34.8 Å². The molecule has 5 nitrogen and oxygen atoms in total. The molecule has 2 aliphatic heterocycles. The van der Waals surface area contributed by atoms with Crippen molar-refractivity contribution in [3.8, 4) is 0 Å². The van der Waals surface area contributed by atoms with E-state index in [1.54, 1.807) is 12.1 Å². The molecule has 0 saturated carbocycles. The fourth-order valence-corrected chi connectivity index (χ4v) is 3.94. The van der Waals surface area contributed by atoms with Crippen LogP contribution in [0.15, 0.2) is 12.1 Å². The van der Waals surface area contributed by atoms with Crippen molar-refractivity contribution in [2.75, 3.05) is 0 Å². The molecule has 1 aromatic carbocycles. The van der Waals surface area contributed by atoms with E-state index in [0.717, 1.165) is 6.42 Å². The van der Waals surface area contributed by atoms with E-state index >= 15 is 0 Å². The minimum atomic E-state index is -0.765. The van der Waals surface area contributed by atoms with Crippen molar-refractivity contribution in [3.63, 3.8) is 0 Å². The molecule has 2 heterocycles. The van der Waals surface area contributed by atoms with Crippen molar-refractivity contribution in [2.45, 2.75) is 76.7 Å². The summed E-state index contributed by atoms with van der Waals surface area (Å²) in [5.74, 6) is -0.765. The van der Waals surface area contributed by atoms with E-state index in [2.05, 4.69) is 0 Å². The molecule has 0 radical (unpaired) electrons. The van der Waals surface area contributed by atoms with Crippen LogP contribution in [0, 0.1) is 0 Å². The summed E-state index contributed by atoms with van der Waals surface area (Å²) in [4.78, 5) is 0. The Morgan fingerprint density at radius 3 is 2.62 bits per heavy atom. The predicted octanol–water partition coefficient (Wildman–Crippen LogP) is 4.57. The van der Waals surface area contributed by atoms with Gasteiger partial charge in [-0.1, -0.05) is 54.2 Å². The Morgan fingerprint density at radius 2 is 1.92 bits per heavy atom. The molecule has 0 aliphatic carbocycles. The molecule has 8 heteroatoms. The highest BCUT2D eigenvalue weighted by Crippen LogP contribution is 2.41. The number of ether oxygens (including phenoxy) is 4. The number of halogens is 3. The lowest BCUT2D eigenvalue weighted by atomic mass is 10.0. The van der Waals surface area contributed by atoms with Gasteiger partial charge >= 0.3 is 0 Å². The van der Waals surface area contributed by atoms with Crippen LogP contribution in [0.2, 0.25) is 15.1 Å². The summed E-state index contributed by atoms with van der Waals surface area (Å²) >= 11 is 18.3. The molecule has 2 saturated heterocycles. The van der Waals surface area contributed by atoms with Gasteiger partial charge in [0.15, 0.2) is 12.1 Å². The Balaban J connectivity index is 1.76. The third kappa shape index (κ3) is 4.15. The Morgan fingerprint density at radius 1 is 1.19 bits per heavy atom. The van der Waals surface area contributed by atoms with E-state index in [9.17, 15) is 5.11 Å². The van der Waals surface area contributed by atoms with Crippen LogP contribution < -0.4 is 0 Å². The lowest BCUT2D eigenvalue weighted by molar-refractivity contribution is -0.230. The molecule has 0 bridgehead atoms. The summed E-state index contributed by atoms with van der Waals surface area (Å²) in [5.41, 5.74) is 0.700. The summed E-state index contributed by atoms with van der Waals surface area (Å²) in [6, 6.07) is 3.43. The second-order valence-corrected chi connectivity index (χ2v) is 8.20. The minimum absolute atomic E-state index is 0.187. The van der Waals surface area contributed by atoms with Crippen LogP contribution in [0.1, 0.15) is 39.2 Å². The molecule has 5 atom stereocenters. The van der Waals surface area contributed by atoms with Crippen LogP contribution in [0.4, 0.5) is 0 Å². The highest BCUT2D eigenvalue weighted by Gasteiger charge is 2.56. The lowest BCUT2D eigenvalue weighted by Gasteiger charge is -2.28. The van der Waals surface area contributed by atoms with Gasteiger partial charge in [-0.05, 0) is 31.9 Å². The van der Waals surface area contributed by atoms with Crippen molar-refractivity contribution in [2.24, 2.45) is 0 Å². The van der Waals surface area contributed by atoms with Crippen molar-refractivity contribution < 1.29 is 24.1 Å². The Hall–Kier alpha value is -0.110. The summed E-state index contributed by atoms with van der Waals surface area (Å²) in [6.45, 7) is 5.82. The first kappa shape index (κ1) is 20.6. The van der Waals surface area contributed by atoms with Gasteiger partial charge in [-0.25, -0.2) is 0 Å². The SMILES string of the molecule is CCC[C@@H](O)[C@H]1O[C@@H]2OC(C)(C)O[C@@H]2[C@H]1OCc1ccc(Cl)c(Cl)c1Cl. The Kier molecular flexibility index (Phi) is 6.42. The zero-order valence-corrected chi connectivity index (χ0v) is 17.1. The van der Waals surface area contributed by atoms with E-state index in [4.69, 9.17) is 53.8 Å². The van der Waals surface area contributed by atoms with Gasteiger partial charge in [0.25, 0.3) is 0 Å². The molecule has 2 aliphatic rings. The molecule has 146 valence electrons. The van der Waals surface area contributed by atoms with Gasteiger partial charge < -0.3 is 24.1 Å². The van der Waals surface area contributed by atoms with Crippen molar-refractivity contribution in [3.05, 3.63) is 32.8 Å². The third-order valence-electron chi connectivity index (χ3n) is 4.54. The molecule has 2 fully saturated rings. The zero-order chi connectivity index (χ0) is 19.1. The maximum atomic E-state index is 10.5. The molecule has 0 unspecified atom stereocenters. The largest absolute Gasteiger partial charge is 0.390 e. The Bertz CT molecular complexity index is 654. The van der Waals surface area contributed by atoms with Crippen molar-refractivity contribution in [1.82, 2.24) is 0 Å². The molecule has 26 heavy (non-hydrogen) atoms. The molecule has 1 N–H and O–H groups in total. The quantitative estimate of drug-likeness (QED) is 0.677. The van der Waals surface area contributed by atoms with Crippen LogP contribution >= 0.6 is 34.8 Å². The number of fused-ring (bicyclic) bond motifs is 1. The van der Waals surface area contributed by atoms with E-state index in [1.807, 2.05) is 20.8 Å². The summed E-state index contributed by atoms with van der Waals surface area (Å²) < 4.78 is 23.7. The zero-order valence-electron chi connectivity index (χ0n) is 14.9. The first-order valence-electron chi connectivity index (χ1n) is 8.66. The maximum Gasteiger partial charge on any atom is 0.190 e. The van der Waals surface area contributed by atoms with Crippen LogP contribution in [0.3, 0.4) is 0 Å². The van der Waals surface area contributed by atoms with Gasteiger partial charge in [0.2, 0.25) is 0 Å². The average molecular weight is 426 g/mol. The van der Waals surface area contributed by atoms with E-state index < -0.39 is 36.5 Å². The second kappa shape index (κ2) is 8.10. The summed E-state index contributed by atoms with van der Waals surface area (Å²) in [5, 5.41) is 11.5. The molecule has 1 aromatic rings. The predicted molar refractivity (Wildman–Crippen MR) is 99.7 cm³/mol. The molecule has 0 aromatic heterocycles. The number of aliphatic hydroxyl groups excluding tert-OH is 1. The Labute approximate surface area is 168 Å². The standard InChI is InChI=1S/C18H23Cl3O5/c1-4-5-11(22)14-15(16-17(24-14)26-18(2,3)25-16)23-8-9-6-7-10(19)13(21)12(9)20/h6-7,11,14-17,22H,4-5,8H2,1-3H3/t11-,14-,15+,16-,17-/m1/s1. The fourth-order valence-electron chi connectivity index (χ4n) is 3.33. The lowest BCUT2D eigenvalue weighted by Crippen LogP contribution is -2.42. The fraction of sp³-hybridized carbons (Fsp3) is 0.667. The van der Waals surface area contributed by atoms with Gasteiger partial charge in [-0.15, -0.1) is 0 Å². The molecule has 0 spiro atoms. The van der Waals surface area contributed by atoms with Gasteiger partial charge in [0.1, 0.15) is 18.3 Å². The van der Waals surface area contributed by atoms with Crippen molar-refractivity contribution in [1.29, 1.82) is 0 Å². The first-order valence-corrected chi connectivity index (χ1v) is 9.80. The topological polar surface area (TPSA) is 57.2 Å². The van der Waals surface area contributed by atoms with Gasteiger partial charge in [-0.3, -0.25) is 0 Å². The number of aliphatic hydroxyl groups is 1. The van der Waals surface area contributed by atoms with Crippen LogP contribution in [0.5, 0.6) is 0 Å². The molecule has 3 rings (SSSR count). The number of hydrogen-bond donors (Lipinski definition) is 1. The highest BCUT2D eigenvalue weighted by atomic mass is 35.5. The van der Waals surface area contributed by atoms with Gasteiger partial charge in [0.05, 0.1) is 27.8 Å². The minimum Gasteiger partial charge on any atom is -0.390 e. The van der Waals surface area contributed by atoms with Gasteiger partial charge in [0, 0.05) is 0 Å². The highest BCUT2D eigenvalue weighted by molar-refractivity contribution is 6.48. The smallest absolute Gasteiger partial charge is 0.190 e. The van der Waals surface area contributed by atoms with Crippen LogP contribution in [-0.4, -0.2) is 41.6 Å². The second-order valence-electron chi connectivity index (χ2n) is 7.04. The monoisotopic (exact) mass is 424 g/mol. The molecule has 0 amide bonds. The van der Waals surface area contributed by atoms with E-state index in [1.165, 1.54) is 0 Å².